The van der Waals surface area contributed by atoms with Crippen LogP contribution >= 0.6 is 0 Å². The molecule has 1 N–H and O–H groups in total. The molecular weight excluding hydrogens is 383 g/mol. The molecule has 0 atom stereocenters. The number of carbonyl (C=O) groups is 3. The minimum atomic E-state index is -1.91. The fourth-order valence-corrected chi connectivity index (χ4v) is 2.42. The SMILES string of the molecule is CCCCCCCCNc1cc(C(=O)[O-])c(C(=O)[O-])c(C(=O)[O-])c1.[Na+].[Na+].[Na+]. The summed E-state index contributed by atoms with van der Waals surface area (Å²) in [6.07, 6.45) is 6.40. The summed E-state index contributed by atoms with van der Waals surface area (Å²) in [6, 6.07) is 2.06. The maximum atomic E-state index is 11.1. The van der Waals surface area contributed by atoms with Gasteiger partial charge in [-0.05, 0) is 18.6 Å². The molecule has 1 rings (SSSR count). The van der Waals surface area contributed by atoms with Crippen LogP contribution in [0.4, 0.5) is 5.69 Å². The van der Waals surface area contributed by atoms with Crippen molar-refractivity contribution >= 4 is 23.6 Å². The Morgan fingerprint density at radius 3 is 1.63 bits per heavy atom. The Labute approximate surface area is 225 Å². The molecular formula is C17H20NNa3O6. The van der Waals surface area contributed by atoms with Crippen molar-refractivity contribution in [1.82, 2.24) is 0 Å². The molecule has 132 valence electrons. The molecule has 0 fully saturated rings. The standard InChI is InChI=1S/C17H23NO6.3Na/c1-2-3-4-5-6-7-8-18-11-9-12(15(19)20)14(17(23)24)13(10-11)16(21)22;;;/h9-10,18H,2-8H2,1H3,(H,19,20)(H,21,22)(H,23,24);;;/q;3*+1/p-3. The Bertz CT molecular complexity index is 590. The quantitative estimate of drug-likeness (QED) is 0.287. The van der Waals surface area contributed by atoms with E-state index in [2.05, 4.69) is 12.2 Å². The summed E-state index contributed by atoms with van der Waals surface area (Å²) in [5.41, 5.74) is -2.25. The van der Waals surface area contributed by atoms with E-state index in [1.807, 2.05) is 0 Å². The Balaban J connectivity index is -0.00000192. The second kappa shape index (κ2) is 17.3. The van der Waals surface area contributed by atoms with Crippen molar-refractivity contribution in [3.63, 3.8) is 0 Å². The van der Waals surface area contributed by atoms with E-state index < -0.39 is 34.6 Å². The summed E-state index contributed by atoms with van der Waals surface area (Å²) in [6.45, 7) is 2.64. The molecule has 1 aromatic carbocycles. The molecule has 0 aliphatic carbocycles. The topological polar surface area (TPSA) is 132 Å². The molecule has 0 bridgehead atoms. The molecule has 1 aromatic rings. The number of carboxylic acid groups (broad SMARTS) is 3. The van der Waals surface area contributed by atoms with Gasteiger partial charge in [0.05, 0.1) is 17.9 Å². The molecule has 0 saturated carbocycles. The molecule has 0 heterocycles. The summed E-state index contributed by atoms with van der Waals surface area (Å²) in [7, 11) is 0. The molecule has 0 unspecified atom stereocenters. The average Bonchev–Trinajstić information content (AvgIpc) is 2.52. The van der Waals surface area contributed by atoms with Crippen molar-refractivity contribution in [3.8, 4) is 0 Å². The molecule has 0 amide bonds. The number of carboxylic acids is 3. The van der Waals surface area contributed by atoms with Crippen molar-refractivity contribution in [2.75, 3.05) is 11.9 Å². The smallest absolute Gasteiger partial charge is 0.545 e. The molecule has 27 heavy (non-hydrogen) atoms. The number of rotatable bonds is 11. The van der Waals surface area contributed by atoms with Gasteiger partial charge in [0.15, 0.2) is 0 Å². The van der Waals surface area contributed by atoms with E-state index in [4.69, 9.17) is 0 Å². The van der Waals surface area contributed by atoms with Crippen LogP contribution in [0.1, 0.15) is 76.5 Å². The van der Waals surface area contributed by atoms with Crippen LogP contribution in [0.3, 0.4) is 0 Å². The number of anilines is 1. The molecule has 0 saturated heterocycles. The summed E-state index contributed by atoms with van der Waals surface area (Å²) >= 11 is 0. The predicted molar refractivity (Wildman–Crippen MR) is 81.3 cm³/mol. The first-order valence-corrected chi connectivity index (χ1v) is 7.94. The van der Waals surface area contributed by atoms with Gasteiger partial charge >= 0.3 is 88.7 Å². The van der Waals surface area contributed by atoms with Gasteiger partial charge in [-0.3, -0.25) is 0 Å². The number of carbonyl (C=O) groups excluding carboxylic acids is 3. The van der Waals surface area contributed by atoms with Gasteiger partial charge in [0.2, 0.25) is 0 Å². The average molecular weight is 403 g/mol. The van der Waals surface area contributed by atoms with Crippen molar-refractivity contribution in [1.29, 1.82) is 0 Å². The second-order valence-corrected chi connectivity index (χ2v) is 5.50. The van der Waals surface area contributed by atoms with Crippen LogP contribution in [-0.4, -0.2) is 24.5 Å². The number of hydrogen-bond donors (Lipinski definition) is 1. The Hall–Kier alpha value is 0.430. The van der Waals surface area contributed by atoms with Crippen molar-refractivity contribution in [3.05, 3.63) is 28.8 Å². The van der Waals surface area contributed by atoms with E-state index in [1.54, 1.807) is 0 Å². The molecule has 0 radical (unpaired) electrons. The van der Waals surface area contributed by atoms with E-state index in [1.165, 1.54) is 6.42 Å². The van der Waals surface area contributed by atoms with Gasteiger partial charge in [-0.1, -0.05) is 39.0 Å². The minimum Gasteiger partial charge on any atom is -0.545 e. The normalized spacial score (nSPS) is 9.22. The summed E-state index contributed by atoms with van der Waals surface area (Å²) in [5.74, 6) is -5.49. The van der Waals surface area contributed by atoms with Crippen molar-refractivity contribution < 1.29 is 118 Å². The number of hydrogen-bond acceptors (Lipinski definition) is 7. The maximum absolute atomic E-state index is 11.1. The predicted octanol–water partition coefficient (Wildman–Crippen LogP) is -9.44. The third-order valence-electron chi connectivity index (χ3n) is 3.64. The van der Waals surface area contributed by atoms with Crippen LogP contribution in [0.5, 0.6) is 0 Å². The number of aromatic carboxylic acids is 3. The Morgan fingerprint density at radius 2 is 1.22 bits per heavy atom. The van der Waals surface area contributed by atoms with Gasteiger partial charge in [-0.25, -0.2) is 0 Å². The zero-order valence-corrected chi connectivity index (χ0v) is 22.6. The summed E-state index contributed by atoms with van der Waals surface area (Å²) < 4.78 is 0. The molecule has 0 spiro atoms. The molecule has 7 nitrogen and oxygen atoms in total. The van der Waals surface area contributed by atoms with E-state index >= 15 is 0 Å². The maximum Gasteiger partial charge on any atom is 1.00 e. The van der Waals surface area contributed by atoms with E-state index in [0.29, 0.717) is 6.54 Å². The first kappa shape index (κ1) is 32.1. The van der Waals surface area contributed by atoms with E-state index in [0.717, 1.165) is 44.2 Å². The zero-order chi connectivity index (χ0) is 18.1. The number of benzene rings is 1. The van der Waals surface area contributed by atoms with Gasteiger partial charge in [0.1, 0.15) is 0 Å². The van der Waals surface area contributed by atoms with Crippen LogP contribution in [-0.2, 0) is 0 Å². The van der Waals surface area contributed by atoms with Gasteiger partial charge in [-0.2, -0.15) is 0 Å². The van der Waals surface area contributed by atoms with E-state index in [9.17, 15) is 29.7 Å². The first-order valence-electron chi connectivity index (χ1n) is 7.94. The van der Waals surface area contributed by atoms with Crippen LogP contribution in [0.2, 0.25) is 0 Å². The second-order valence-electron chi connectivity index (χ2n) is 5.50. The molecule has 0 aliphatic heterocycles. The summed E-state index contributed by atoms with van der Waals surface area (Å²) in [5, 5.41) is 36.1. The Kier molecular flexibility index (Phi) is 20.6. The van der Waals surface area contributed by atoms with Crippen LogP contribution in [0.25, 0.3) is 0 Å². The molecule has 0 aliphatic rings. The third kappa shape index (κ3) is 11.3. The van der Waals surface area contributed by atoms with E-state index in [-0.39, 0.29) is 94.4 Å². The molecule has 10 heteroatoms. The van der Waals surface area contributed by atoms with Gasteiger partial charge < -0.3 is 35.0 Å². The van der Waals surface area contributed by atoms with Crippen molar-refractivity contribution in [2.24, 2.45) is 0 Å². The van der Waals surface area contributed by atoms with Crippen LogP contribution in [0.15, 0.2) is 12.1 Å². The Morgan fingerprint density at radius 1 is 0.778 bits per heavy atom. The fourth-order valence-electron chi connectivity index (χ4n) is 2.42. The third-order valence-corrected chi connectivity index (χ3v) is 3.64. The van der Waals surface area contributed by atoms with Gasteiger partial charge in [0, 0.05) is 28.9 Å². The van der Waals surface area contributed by atoms with Crippen LogP contribution in [0, 0.1) is 0 Å². The van der Waals surface area contributed by atoms with Crippen molar-refractivity contribution in [2.45, 2.75) is 45.4 Å². The van der Waals surface area contributed by atoms with Gasteiger partial charge in [0.25, 0.3) is 0 Å². The fraction of sp³-hybridized carbons (Fsp3) is 0.471. The molecule has 0 aromatic heterocycles. The summed E-state index contributed by atoms with van der Waals surface area (Å²) in [4.78, 5) is 33.2. The number of unbranched alkanes of at least 4 members (excludes halogenated alkanes) is 5. The van der Waals surface area contributed by atoms with Gasteiger partial charge in [-0.15, -0.1) is 0 Å². The first-order chi connectivity index (χ1) is 11.4. The zero-order valence-electron chi connectivity index (χ0n) is 16.6. The van der Waals surface area contributed by atoms with Crippen LogP contribution < -0.4 is 109 Å². The monoisotopic (exact) mass is 403 g/mol. The largest absolute Gasteiger partial charge is 1.00 e. The number of nitrogens with one attached hydrogen (secondary N) is 1. The minimum absolute atomic E-state index is 0.